The zero-order valence-electron chi connectivity index (χ0n) is 16.0. The molecule has 0 N–H and O–H groups in total. The Labute approximate surface area is 174 Å². The molecule has 6 nitrogen and oxygen atoms in total. The van der Waals surface area contributed by atoms with Crippen molar-refractivity contribution in [2.75, 3.05) is 13.7 Å². The van der Waals surface area contributed by atoms with Gasteiger partial charge in [0.15, 0.2) is 5.16 Å². The van der Waals surface area contributed by atoms with Gasteiger partial charge in [-0.1, -0.05) is 17.8 Å². The van der Waals surface area contributed by atoms with E-state index in [4.69, 9.17) is 4.74 Å². The van der Waals surface area contributed by atoms with E-state index in [9.17, 15) is 0 Å². The molecule has 0 radical (unpaired) electrons. The molecule has 1 fully saturated rings. The summed E-state index contributed by atoms with van der Waals surface area (Å²) in [6.07, 6.45) is 4.33. The minimum Gasteiger partial charge on any atom is -0.376 e. The lowest BCUT2D eigenvalue weighted by molar-refractivity contribution is 0.0934. The number of hydrogen-bond donors (Lipinski definition) is 0. The summed E-state index contributed by atoms with van der Waals surface area (Å²) in [4.78, 5) is 6.70. The summed E-state index contributed by atoms with van der Waals surface area (Å²) >= 11 is 3.43. The van der Waals surface area contributed by atoms with Crippen molar-refractivity contribution in [1.82, 2.24) is 24.6 Å². The average molecular weight is 416 g/mol. The summed E-state index contributed by atoms with van der Waals surface area (Å²) in [6, 6.07) is 8.18. The molecule has 28 heavy (non-hydrogen) atoms. The number of rotatable bonds is 9. The van der Waals surface area contributed by atoms with Crippen LogP contribution in [-0.2, 0) is 30.1 Å². The first-order valence-corrected chi connectivity index (χ1v) is 11.5. The van der Waals surface area contributed by atoms with Gasteiger partial charge in [0.1, 0.15) is 5.82 Å². The largest absolute Gasteiger partial charge is 0.376 e. The fourth-order valence-electron chi connectivity index (χ4n) is 3.33. The second-order valence-corrected chi connectivity index (χ2v) is 8.78. The van der Waals surface area contributed by atoms with Crippen LogP contribution in [0.25, 0.3) is 0 Å². The van der Waals surface area contributed by atoms with Gasteiger partial charge in [-0.15, -0.1) is 10.2 Å². The van der Waals surface area contributed by atoms with Crippen LogP contribution < -0.4 is 0 Å². The summed E-state index contributed by atoms with van der Waals surface area (Å²) in [5, 5.41) is 14.3. The lowest BCUT2D eigenvalue weighted by atomic mass is 10.2. The summed E-state index contributed by atoms with van der Waals surface area (Å²) in [6.45, 7) is 3.35. The molecule has 1 atom stereocenters. The predicted molar refractivity (Wildman–Crippen MR) is 112 cm³/mol. The van der Waals surface area contributed by atoms with Crippen molar-refractivity contribution in [3.05, 3.63) is 58.3 Å². The van der Waals surface area contributed by atoms with Crippen molar-refractivity contribution in [3.63, 3.8) is 0 Å². The van der Waals surface area contributed by atoms with Crippen LogP contribution in [0.2, 0.25) is 0 Å². The SMILES string of the molecule is CN(Cc1ccsc1)Cc1nnc(SCc2ccccn2)n1CC1CCCO1. The van der Waals surface area contributed by atoms with Gasteiger partial charge in [-0.05, 0) is 54.4 Å². The van der Waals surface area contributed by atoms with Crippen LogP contribution in [-0.4, -0.2) is 44.4 Å². The van der Waals surface area contributed by atoms with Gasteiger partial charge in [-0.25, -0.2) is 0 Å². The predicted octanol–water partition coefficient (Wildman–Crippen LogP) is 3.84. The molecule has 3 aromatic heterocycles. The Morgan fingerprint density at radius 2 is 2.25 bits per heavy atom. The maximum absolute atomic E-state index is 5.88. The van der Waals surface area contributed by atoms with Crippen molar-refractivity contribution in [3.8, 4) is 0 Å². The Morgan fingerprint density at radius 3 is 3.00 bits per heavy atom. The fourth-order valence-corrected chi connectivity index (χ4v) is 4.87. The molecule has 0 amide bonds. The summed E-state index contributed by atoms with van der Waals surface area (Å²) in [5.74, 6) is 1.78. The molecule has 8 heteroatoms. The van der Waals surface area contributed by atoms with Crippen LogP contribution in [0.5, 0.6) is 0 Å². The van der Waals surface area contributed by atoms with Gasteiger partial charge < -0.3 is 9.30 Å². The van der Waals surface area contributed by atoms with E-state index in [2.05, 4.69) is 48.5 Å². The van der Waals surface area contributed by atoms with Gasteiger partial charge in [0.2, 0.25) is 0 Å². The fraction of sp³-hybridized carbons (Fsp3) is 0.450. The quantitative estimate of drug-likeness (QED) is 0.495. The van der Waals surface area contributed by atoms with E-state index in [1.54, 1.807) is 23.1 Å². The van der Waals surface area contributed by atoms with Crippen LogP contribution in [0.3, 0.4) is 0 Å². The third-order valence-corrected chi connectivity index (χ3v) is 6.46. The van der Waals surface area contributed by atoms with Crippen molar-refractivity contribution >= 4 is 23.1 Å². The summed E-state index contributed by atoms with van der Waals surface area (Å²) < 4.78 is 8.12. The first-order chi connectivity index (χ1) is 13.8. The first kappa shape index (κ1) is 19.6. The van der Waals surface area contributed by atoms with Crippen molar-refractivity contribution in [2.24, 2.45) is 0 Å². The zero-order valence-corrected chi connectivity index (χ0v) is 17.7. The van der Waals surface area contributed by atoms with E-state index in [1.165, 1.54) is 5.56 Å². The average Bonchev–Trinajstić information content (AvgIpc) is 3.46. The highest BCUT2D eigenvalue weighted by Gasteiger charge is 2.21. The molecular weight excluding hydrogens is 390 g/mol. The van der Waals surface area contributed by atoms with Gasteiger partial charge in [-0.2, -0.15) is 11.3 Å². The Balaban J connectivity index is 1.47. The third kappa shape index (κ3) is 5.20. The smallest absolute Gasteiger partial charge is 0.191 e. The van der Waals surface area contributed by atoms with Crippen LogP contribution in [0, 0.1) is 0 Å². The maximum Gasteiger partial charge on any atom is 0.191 e. The Morgan fingerprint density at radius 1 is 1.29 bits per heavy atom. The molecule has 4 rings (SSSR count). The van der Waals surface area contributed by atoms with Crippen LogP contribution in [0.4, 0.5) is 0 Å². The molecule has 1 aliphatic heterocycles. The number of nitrogens with zero attached hydrogens (tertiary/aromatic N) is 5. The lowest BCUT2D eigenvalue weighted by Gasteiger charge is -2.18. The highest BCUT2D eigenvalue weighted by atomic mass is 32.2. The molecule has 0 aliphatic carbocycles. The van der Waals surface area contributed by atoms with Crippen molar-refractivity contribution in [2.45, 2.75) is 49.5 Å². The molecule has 3 aromatic rings. The van der Waals surface area contributed by atoms with E-state index in [0.717, 1.165) is 61.5 Å². The highest BCUT2D eigenvalue weighted by Crippen LogP contribution is 2.24. The molecular formula is C20H25N5OS2. The number of pyridine rings is 1. The normalized spacial score (nSPS) is 16.9. The van der Waals surface area contributed by atoms with Crippen LogP contribution >= 0.6 is 23.1 Å². The van der Waals surface area contributed by atoms with Crippen molar-refractivity contribution < 1.29 is 4.74 Å². The van der Waals surface area contributed by atoms with Gasteiger partial charge in [0, 0.05) is 25.1 Å². The second-order valence-electron chi connectivity index (χ2n) is 7.06. The van der Waals surface area contributed by atoms with Crippen LogP contribution in [0.1, 0.15) is 29.9 Å². The molecule has 0 saturated carbocycles. The van der Waals surface area contributed by atoms with E-state index in [-0.39, 0.29) is 6.10 Å². The Hall–Kier alpha value is -1.74. The van der Waals surface area contributed by atoms with Gasteiger partial charge >= 0.3 is 0 Å². The standard InChI is InChI=1S/C20H25N5OS2/c1-24(11-16-7-10-27-14-16)13-19-22-23-20(25(19)12-18-6-4-9-26-18)28-15-17-5-2-3-8-21-17/h2-3,5,7-8,10,14,18H,4,6,9,11-13,15H2,1H3. The number of thiophene rings is 1. The monoisotopic (exact) mass is 415 g/mol. The molecule has 1 aliphatic rings. The highest BCUT2D eigenvalue weighted by molar-refractivity contribution is 7.98. The van der Waals surface area contributed by atoms with E-state index < -0.39 is 0 Å². The molecule has 1 saturated heterocycles. The number of thioether (sulfide) groups is 1. The summed E-state index contributed by atoms with van der Waals surface area (Å²) in [7, 11) is 2.13. The van der Waals surface area contributed by atoms with Gasteiger partial charge in [0.25, 0.3) is 0 Å². The molecule has 0 spiro atoms. The van der Waals surface area contributed by atoms with E-state index >= 15 is 0 Å². The molecule has 0 aromatic carbocycles. The van der Waals surface area contributed by atoms with E-state index in [0.29, 0.717) is 0 Å². The second kappa shape index (κ2) is 9.65. The number of hydrogen-bond acceptors (Lipinski definition) is 7. The van der Waals surface area contributed by atoms with E-state index in [1.807, 2.05) is 24.4 Å². The van der Waals surface area contributed by atoms with Gasteiger partial charge in [-0.3, -0.25) is 9.88 Å². The molecule has 0 bridgehead atoms. The number of aromatic nitrogens is 4. The van der Waals surface area contributed by atoms with Crippen LogP contribution in [0.15, 0.2) is 46.4 Å². The maximum atomic E-state index is 5.88. The Kier molecular flexibility index (Phi) is 6.74. The topological polar surface area (TPSA) is 56.1 Å². The molecule has 4 heterocycles. The third-order valence-electron chi connectivity index (χ3n) is 4.72. The molecule has 148 valence electrons. The first-order valence-electron chi connectivity index (χ1n) is 9.54. The number of ether oxygens (including phenoxy) is 1. The lowest BCUT2D eigenvalue weighted by Crippen LogP contribution is -2.23. The molecule has 1 unspecified atom stereocenters. The summed E-state index contributed by atoms with van der Waals surface area (Å²) in [5.41, 5.74) is 2.39. The Bertz CT molecular complexity index is 847. The minimum absolute atomic E-state index is 0.256. The minimum atomic E-state index is 0.256. The van der Waals surface area contributed by atoms with Crippen molar-refractivity contribution in [1.29, 1.82) is 0 Å². The van der Waals surface area contributed by atoms with Gasteiger partial charge in [0.05, 0.1) is 24.9 Å². The zero-order chi connectivity index (χ0) is 19.2.